The Morgan fingerprint density at radius 1 is 1.60 bits per heavy atom. The minimum Gasteiger partial charge on any atom is -0.457 e. The second-order valence-corrected chi connectivity index (χ2v) is 2.64. The van der Waals surface area contributed by atoms with Gasteiger partial charge in [0.15, 0.2) is 12.4 Å². The van der Waals surface area contributed by atoms with Crippen molar-refractivity contribution in [3.05, 3.63) is 0 Å². The van der Waals surface area contributed by atoms with Gasteiger partial charge in [0.25, 0.3) is 0 Å². The summed E-state index contributed by atoms with van der Waals surface area (Å²) < 4.78 is 9.63. The van der Waals surface area contributed by atoms with Gasteiger partial charge in [-0.15, -0.1) is 0 Å². The van der Waals surface area contributed by atoms with E-state index in [1.165, 1.54) is 0 Å². The molecule has 0 spiro atoms. The minimum atomic E-state index is -0.892. The first-order valence-electron chi connectivity index (χ1n) is 3.26. The van der Waals surface area contributed by atoms with Crippen molar-refractivity contribution in [3.8, 4) is 0 Å². The molecule has 4 heteroatoms. The number of hydrogen-bond donors (Lipinski definition) is 1. The molecular weight excluding hydrogens is 136 g/mol. The van der Waals surface area contributed by atoms with Crippen LogP contribution in [0.15, 0.2) is 0 Å². The summed E-state index contributed by atoms with van der Waals surface area (Å²) in [6, 6.07) is 0. The fraction of sp³-hybridized carbons (Fsp3) is 0.833. The number of hydrogen-bond acceptors (Lipinski definition) is 4. The lowest BCUT2D eigenvalue weighted by Crippen LogP contribution is -2.24. The lowest BCUT2D eigenvalue weighted by atomic mass is 10.1. The molecule has 3 atom stereocenters. The van der Waals surface area contributed by atoms with Gasteiger partial charge in [-0.1, -0.05) is 0 Å². The zero-order valence-electron chi connectivity index (χ0n) is 5.32. The Morgan fingerprint density at radius 2 is 2.40 bits per heavy atom. The van der Waals surface area contributed by atoms with Crippen LogP contribution in [0, 0.1) is 5.92 Å². The lowest BCUT2D eigenvalue weighted by molar-refractivity contribution is -0.159. The van der Waals surface area contributed by atoms with Gasteiger partial charge in [-0.3, -0.25) is 4.79 Å². The van der Waals surface area contributed by atoms with E-state index < -0.39 is 12.4 Å². The van der Waals surface area contributed by atoms with E-state index in [4.69, 9.17) is 14.6 Å². The smallest absolute Gasteiger partial charge is 0.306 e. The zero-order valence-corrected chi connectivity index (χ0v) is 5.32. The summed E-state index contributed by atoms with van der Waals surface area (Å²) >= 11 is 0. The van der Waals surface area contributed by atoms with E-state index in [0.717, 1.165) is 0 Å². The van der Waals surface area contributed by atoms with Gasteiger partial charge in [-0.05, 0) is 0 Å². The van der Waals surface area contributed by atoms with E-state index in [1.807, 2.05) is 0 Å². The Bertz CT molecular complexity index is 167. The SMILES string of the molecule is O=C1C[C@H]2COC(O)[C@H]2O1. The predicted molar refractivity (Wildman–Crippen MR) is 29.9 cm³/mol. The number of carbonyl (C=O) groups excluding carboxylic acids is 1. The largest absolute Gasteiger partial charge is 0.457 e. The molecule has 2 aliphatic heterocycles. The molecule has 0 aromatic rings. The number of rotatable bonds is 0. The average molecular weight is 144 g/mol. The van der Waals surface area contributed by atoms with Gasteiger partial charge in [-0.2, -0.15) is 0 Å². The molecule has 1 unspecified atom stereocenters. The third-order valence-corrected chi connectivity index (χ3v) is 1.92. The molecule has 2 aliphatic rings. The summed E-state index contributed by atoms with van der Waals surface area (Å²) in [5.41, 5.74) is 0. The lowest BCUT2D eigenvalue weighted by Gasteiger charge is -2.08. The highest BCUT2D eigenvalue weighted by atomic mass is 16.7. The molecule has 0 aromatic carbocycles. The molecule has 2 heterocycles. The summed E-state index contributed by atoms with van der Waals surface area (Å²) in [6.07, 6.45) is -0.897. The maximum absolute atomic E-state index is 10.6. The molecule has 0 aliphatic carbocycles. The first kappa shape index (κ1) is 6.12. The third kappa shape index (κ3) is 0.726. The first-order valence-corrected chi connectivity index (χ1v) is 3.26. The molecule has 0 saturated carbocycles. The van der Waals surface area contributed by atoms with E-state index in [-0.39, 0.29) is 11.9 Å². The number of ether oxygens (including phenoxy) is 2. The van der Waals surface area contributed by atoms with Crippen molar-refractivity contribution < 1.29 is 19.4 Å². The topological polar surface area (TPSA) is 55.8 Å². The monoisotopic (exact) mass is 144 g/mol. The maximum Gasteiger partial charge on any atom is 0.306 e. The van der Waals surface area contributed by atoms with Crippen molar-refractivity contribution in [2.24, 2.45) is 5.92 Å². The van der Waals surface area contributed by atoms with E-state index in [0.29, 0.717) is 13.0 Å². The van der Waals surface area contributed by atoms with Crippen LogP contribution in [0.5, 0.6) is 0 Å². The van der Waals surface area contributed by atoms with Gasteiger partial charge in [0.2, 0.25) is 0 Å². The van der Waals surface area contributed by atoms with Crippen molar-refractivity contribution in [1.82, 2.24) is 0 Å². The van der Waals surface area contributed by atoms with Crippen molar-refractivity contribution in [2.45, 2.75) is 18.8 Å². The molecule has 2 fully saturated rings. The van der Waals surface area contributed by atoms with Gasteiger partial charge >= 0.3 is 5.97 Å². The Hall–Kier alpha value is -0.610. The van der Waals surface area contributed by atoms with Crippen molar-refractivity contribution in [1.29, 1.82) is 0 Å². The van der Waals surface area contributed by atoms with Crippen LogP contribution in [0.25, 0.3) is 0 Å². The molecule has 0 amide bonds. The van der Waals surface area contributed by atoms with Gasteiger partial charge in [0.05, 0.1) is 13.0 Å². The Kier molecular flexibility index (Phi) is 1.18. The second-order valence-electron chi connectivity index (χ2n) is 2.64. The standard InChI is InChI=1S/C6H8O4/c7-4-1-3-2-9-6(8)5(3)10-4/h3,5-6,8H,1-2H2/t3-,5-,6?/m0/s1. The molecule has 4 nitrogen and oxygen atoms in total. The number of esters is 1. The number of fused-ring (bicyclic) bond motifs is 1. The Labute approximate surface area is 57.7 Å². The summed E-state index contributed by atoms with van der Waals surface area (Å²) in [7, 11) is 0. The Morgan fingerprint density at radius 3 is 3.10 bits per heavy atom. The molecule has 0 radical (unpaired) electrons. The zero-order chi connectivity index (χ0) is 7.14. The summed E-state index contributed by atoms with van der Waals surface area (Å²) in [6.45, 7) is 0.442. The van der Waals surface area contributed by atoms with Crippen LogP contribution >= 0.6 is 0 Å². The average Bonchev–Trinajstić information content (AvgIpc) is 2.35. The molecule has 10 heavy (non-hydrogen) atoms. The number of carbonyl (C=O) groups is 1. The van der Waals surface area contributed by atoms with Crippen LogP contribution in [0.1, 0.15) is 6.42 Å². The van der Waals surface area contributed by atoms with Crippen LogP contribution in [0.4, 0.5) is 0 Å². The van der Waals surface area contributed by atoms with E-state index >= 15 is 0 Å². The van der Waals surface area contributed by atoms with Crippen LogP contribution in [-0.2, 0) is 14.3 Å². The van der Waals surface area contributed by atoms with Crippen molar-refractivity contribution in [3.63, 3.8) is 0 Å². The normalized spacial score (nSPS) is 45.3. The molecule has 0 bridgehead atoms. The third-order valence-electron chi connectivity index (χ3n) is 1.92. The molecule has 0 aromatic heterocycles. The quantitative estimate of drug-likeness (QED) is 0.455. The van der Waals surface area contributed by atoms with Crippen LogP contribution in [-0.4, -0.2) is 30.1 Å². The van der Waals surface area contributed by atoms with Crippen LogP contribution in [0.2, 0.25) is 0 Å². The van der Waals surface area contributed by atoms with Gasteiger partial charge in [0.1, 0.15) is 0 Å². The summed E-state index contributed by atoms with van der Waals surface area (Å²) in [5, 5.41) is 9.02. The van der Waals surface area contributed by atoms with E-state index in [1.54, 1.807) is 0 Å². The summed E-state index contributed by atoms with van der Waals surface area (Å²) in [5.74, 6) is -0.139. The Balaban J connectivity index is 2.12. The van der Waals surface area contributed by atoms with Gasteiger partial charge in [0, 0.05) is 5.92 Å². The van der Waals surface area contributed by atoms with Crippen LogP contribution < -0.4 is 0 Å². The molecular formula is C6H8O4. The van der Waals surface area contributed by atoms with E-state index in [2.05, 4.69) is 0 Å². The highest BCUT2D eigenvalue weighted by Gasteiger charge is 2.45. The highest BCUT2D eigenvalue weighted by molar-refractivity contribution is 5.72. The first-order chi connectivity index (χ1) is 4.77. The van der Waals surface area contributed by atoms with Crippen molar-refractivity contribution >= 4 is 5.97 Å². The van der Waals surface area contributed by atoms with Crippen LogP contribution in [0.3, 0.4) is 0 Å². The van der Waals surface area contributed by atoms with Gasteiger partial charge < -0.3 is 14.6 Å². The predicted octanol–water partition coefficient (Wildman–Crippen LogP) is -0.733. The highest BCUT2D eigenvalue weighted by Crippen LogP contribution is 2.30. The fourth-order valence-corrected chi connectivity index (χ4v) is 1.39. The maximum atomic E-state index is 10.6. The number of aliphatic hydroxyl groups is 1. The van der Waals surface area contributed by atoms with Crippen molar-refractivity contribution in [2.75, 3.05) is 6.61 Å². The number of aliphatic hydroxyl groups excluding tert-OH is 1. The van der Waals surface area contributed by atoms with E-state index in [9.17, 15) is 4.79 Å². The minimum absolute atomic E-state index is 0.0856. The molecule has 1 N–H and O–H groups in total. The molecule has 2 saturated heterocycles. The fourth-order valence-electron chi connectivity index (χ4n) is 1.39. The summed E-state index contributed by atoms with van der Waals surface area (Å²) in [4.78, 5) is 10.6. The van der Waals surface area contributed by atoms with Gasteiger partial charge in [-0.25, -0.2) is 0 Å². The molecule has 2 rings (SSSR count). The second kappa shape index (κ2) is 1.93. The molecule has 56 valence electrons.